The van der Waals surface area contributed by atoms with Gasteiger partial charge in [0.25, 0.3) is 0 Å². The molecule has 0 N–H and O–H groups in total. The molecule has 0 spiro atoms. The van der Waals surface area contributed by atoms with Crippen molar-refractivity contribution < 1.29 is 0 Å². The van der Waals surface area contributed by atoms with Gasteiger partial charge >= 0.3 is 0 Å². The van der Waals surface area contributed by atoms with Crippen molar-refractivity contribution in [3.05, 3.63) is 42.0 Å². The van der Waals surface area contributed by atoms with Crippen LogP contribution < -0.4 is 4.90 Å². The highest BCUT2D eigenvalue weighted by Crippen LogP contribution is 2.35. The van der Waals surface area contributed by atoms with Crippen LogP contribution in [0.5, 0.6) is 0 Å². The van der Waals surface area contributed by atoms with Crippen LogP contribution in [0.25, 0.3) is 10.8 Å². The van der Waals surface area contributed by atoms with E-state index in [4.69, 9.17) is 0 Å². The average molecular weight is 227 g/mol. The van der Waals surface area contributed by atoms with Gasteiger partial charge in [-0.05, 0) is 22.4 Å². The second-order valence-corrected chi connectivity index (χ2v) is 5.83. The molecule has 0 aliphatic carbocycles. The van der Waals surface area contributed by atoms with E-state index < -0.39 is 0 Å². The maximum Gasteiger partial charge on any atom is 0.0443 e. The summed E-state index contributed by atoms with van der Waals surface area (Å²) in [6, 6.07) is 13.1. The lowest BCUT2D eigenvalue weighted by Crippen LogP contribution is -2.15. The number of hydrogen-bond donors (Lipinski definition) is 0. The molecule has 0 bridgehead atoms. The lowest BCUT2D eigenvalue weighted by molar-refractivity contribution is 0.596. The first kappa shape index (κ1) is 12.0. The van der Waals surface area contributed by atoms with Gasteiger partial charge in [-0.1, -0.05) is 51.1 Å². The van der Waals surface area contributed by atoms with Gasteiger partial charge in [0.2, 0.25) is 0 Å². The highest BCUT2D eigenvalue weighted by Gasteiger charge is 2.18. The summed E-state index contributed by atoms with van der Waals surface area (Å²) >= 11 is 0. The minimum absolute atomic E-state index is 0.172. The number of anilines is 1. The summed E-state index contributed by atoms with van der Waals surface area (Å²) in [6.45, 7) is 6.82. The largest absolute Gasteiger partial charge is 0.377 e. The van der Waals surface area contributed by atoms with E-state index in [1.54, 1.807) is 0 Å². The fraction of sp³-hybridized carbons (Fsp3) is 0.375. The van der Waals surface area contributed by atoms with Crippen LogP contribution in [0.1, 0.15) is 26.3 Å². The molecule has 0 aliphatic rings. The van der Waals surface area contributed by atoms with Gasteiger partial charge in [0, 0.05) is 25.2 Å². The number of rotatable bonds is 1. The Morgan fingerprint density at radius 3 is 2.00 bits per heavy atom. The lowest BCUT2D eigenvalue weighted by Gasteiger charge is -2.25. The summed E-state index contributed by atoms with van der Waals surface area (Å²) in [5, 5.41) is 2.70. The summed E-state index contributed by atoms with van der Waals surface area (Å²) in [5.74, 6) is 0. The fourth-order valence-electron chi connectivity index (χ4n) is 2.32. The Morgan fingerprint density at radius 1 is 0.882 bits per heavy atom. The van der Waals surface area contributed by atoms with Crippen LogP contribution in [-0.4, -0.2) is 14.1 Å². The van der Waals surface area contributed by atoms with E-state index >= 15 is 0 Å². The van der Waals surface area contributed by atoms with Gasteiger partial charge in [0.05, 0.1) is 0 Å². The molecule has 0 amide bonds. The third-order valence-corrected chi connectivity index (χ3v) is 3.17. The predicted octanol–water partition coefficient (Wildman–Crippen LogP) is 4.20. The normalized spacial score (nSPS) is 11.8. The van der Waals surface area contributed by atoms with E-state index in [1.165, 1.54) is 22.0 Å². The lowest BCUT2D eigenvalue weighted by atomic mass is 9.83. The summed E-state index contributed by atoms with van der Waals surface area (Å²) < 4.78 is 0. The van der Waals surface area contributed by atoms with E-state index in [-0.39, 0.29) is 5.41 Å². The maximum absolute atomic E-state index is 2.27. The molecule has 0 unspecified atom stereocenters. The van der Waals surface area contributed by atoms with Crippen molar-refractivity contribution >= 4 is 16.5 Å². The number of benzene rings is 2. The Bertz CT molecular complexity index is 527. The van der Waals surface area contributed by atoms with E-state index in [0.717, 1.165) is 0 Å². The van der Waals surface area contributed by atoms with Crippen LogP contribution >= 0.6 is 0 Å². The Hall–Kier alpha value is -1.50. The Morgan fingerprint density at radius 2 is 1.47 bits per heavy atom. The molecule has 2 aromatic carbocycles. The molecule has 90 valence electrons. The van der Waals surface area contributed by atoms with Gasteiger partial charge in [-0.3, -0.25) is 0 Å². The third kappa shape index (κ3) is 2.14. The van der Waals surface area contributed by atoms with Crippen molar-refractivity contribution in [1.82, 2.24) is 0 Å². The maximum atomic E-state index is 2.27. The molecule has 1 nitrogen and oxygen atoms in total. The van der Waals surface area contributed by atoms with Gasteiger partial charge in [0.1, 0.15) is 0 Å². The van der Waals surface area contributed by atoms with Gasteiger partial charge in [0.15, 0.2) is 0 Å². The topological polar surface area (TPSA) is 3.24 Å². The summed E-state index contributed by atoms with van der Waals surface area (Å²) in [7, 11) is 4.21. The molecule has 2 rings (SSSR count). The summed E-state index contributed by atoms with van der Waals surface area (Å²) in [5.41, 5.74) is 2.89. The molecule has 2 aromatic rings. The standard InChI is InChI=1S/C16H21N/c1-16(2,3)13-10-6-8-12-9-7-11-14(15(12)13)17(4)5/h6-11H,1-5H3. The molecule has 0 aromatic heterocycles. The van der Waals surface area contributed by atoms with Crippen molar-refractivity contribution in [2.75, 3.05) is 19.0 Å². The minimum Gasteiger partial charge on any atom is -0.377 e. The van der Waals surface area contributed by atoms with Crippen LogP contribution in [0.15, 0.2) is 36.4 Å². The van der Waals surface area contributed by atoms with E-state index in [2.05, 4.69) is 76.2 Å². The molecule has 0 radical (unpaired) electrons. The molecule has 0 fully saturated rings. The Labute approximate surface area is 104 Å². The van der Waals surface area contributed by atoms with Crippen molar-refractivity contribution in [1.29, 1.82) is 0 Å². The zero-order valence-electron chi connectivity index (χ0n) is 11.4. The van der Waals surface area contributed by atoms with Crippen LogP contribution in [0.2, 0.25) is 0 Å². The predicted molar refractivity (Wildman–Crippen MR) is 77.0 cm³/mol. The minimum atomic E-state index is 0.172. The smallest absolute Gasteiger partial charge is 0.0443 e. The average Bonchev–Trinajstić information content (AvgIpc) is 2.26. The molecular formula is C16H21N. The molecule has 0 heterocycles. The second kappa shape index (κ2) is 4.06. The summed E-state index contributed by atoms with van der Waals surface area (Å²) in [6.07, 6.45) is 0. The first-order valence-corrected chi connectivity index (χ1v) is 6.11. The molecule has 0 atom stereocenters. The molecule has 17 heavy (non-hydrogen) atoms. The van der Waals surface area contributed by atoms with Gasteiger partial charge in [-0.25, -0.2) is 0 Å². The molecule has 1 heteroatoms. The Kier molecular flexibility index (Phi) is 2.86. The SMILES string of the molecule is CN(C)c1cccc2cccc(C(C)(C)C)c12. The van der Waals surface area contributed by atoms with Crippen LogP contribution in [0.3, 0.4) is 0 Å². The van der Waals surface area contributed by atoms with Crippen LogP contribution in [-0.2, 0) is 5.41 Å². The third-order valence-electron chi connectivity index (χ3n) is 3.17. The van der Waals surface area contributed by atoms with Gasteiger partial charge in [-0.2, -0.15) is 0 Å². The second-order valence-electron chi connectivity index (χ2n) is 5.83. The highest BCUT2D eigenvalue weighted by atomic mass is 15.1. The molecule has 0 aliphatic heterocycles. The zero-order valence-corrected chi connectivity index (χ0v) is 11.4. The highest BCUT2D eigenvalue weighted by molar-refractivity contribution is 5.97. The van der Waals surface area contributed by atoms with E-state index in [9.17, 15) is 0 Å². The van der Waals surface area contributed by atoms with E-state index in [1.807, 2.05) is 0 Å². The summed E-state index contributed by atoms with van der Waals surface area (Å²) in [4.78, 5) is 2.19. The van der Waals surface area contributed by atoms with Crippen molar-refractivity contribution in [3.63, 3.8) is 0 Å². The van der Waals surface area contributed by atoms with E-state index in [0.29, 0.717) is 0 Å². The van der Waals surface area contributed by atoms with Crippen LogP contribution in [0.4, 0.5) is 5.69 Å². The number of nitrogens with zero attached hydrogens (tertiary/aromatic N) is 1. The Balaban J connectivity index is 2.86. The first-order valence-electron chi connectivity index (χ1n) is 6.11. The monoisotopic (exact) mass is 227 g/mol. The van der Waals surface area contributed by atoms with Crippen LogP contribution in [0, 0.1) is 0 Å². The van der Waals surface area contributed by atoms with Gasteiger partial charge < -0.3 is 4.90 Å². The quantitative estimate of drug-likeness (QED) is 0.705. The molecule has 0 saturated carbocycles. The first-order chi connectivity index (χ1) is 7.91. The van der Waals surface area contributed by atoms with Crippen molar-refractivity contribution in [2.45, 2.75) is 26.2 Å². The number of fused-ring (bicyclic) bond motifs is 1. The van der Waals surface area contributed by atoms with Crippen molar-refractivity contribution in [2.24, 2.45) is 0 Å². The zero-order chi connectivity index (χ0) is 12.6. The fourth-order valence-corrected chi connectivity index (χ4v) is 2.32. The molecule has 0 saturated heterocycles. The van der Waals surface area contributed by atoms with Gasteiger partial charge in [-0.15, -0.1) is 0 Å². The number of hydrogen-bond acceptors (Lipinski definition) is 1. The molecular weight excluding hydrogens is 206 g/mol. The van der Waals surface area contributed by atoms with Crippen molar-refractivity contribution in [3.8, 4) is 0 Å².